The molecule has 0 aliphatic rings. The van der Waals surface area contributed by atoms with Crippen LogP contribution in [-0.4, -0.2) is 25.7 Å². The lowest BCUT2D eigenvalue weighted by Gasteiger charge is -2.17. The van der Waals surface area contributed by atoms with Crippen LogP contribution in [0.25, 0.3) is 0 Å². The van der Waals surface area contributed by atoms with Gasteiger partial charge in [-0.3, -0.25) is 14.3 Å². The zero-order chi connectivity index (χ0) is 16.4. The molecular formula is C15H21N5O2. The van der Waals surface area contributed by atoms with E-state index in [0.29, 0.717) is 17.8 Å². The number of H-pyrrole nitrogens is 1. The molecule has 0 unspecified atom stereocenters. The number of carbonyl (C=O) groups excluding carboxylic acids is 1. The van der Waals surface area contributed by atoms with Crippen molar-refractivity contribution < 1.29 is 4.79 Å². The van der Waals surface area contributed by atoms with Gasteiger partial charge in [-0.1, -0.05) is 6.92 Å². The Morgan fingerprint density at radius 2 is 2.05 bits per heavy atom. The van der Waals surface area contributed by atoms with Gasteiger partial charge in [0.2, 0.25) is 0 Å². The largest absolute Gasteiger partial charge is 0.342 e. The number of nitrogens with one attached hydrogen (secondary N) is 2. The standard InChI is InChI=1S/C15H21N5O2/c1-6-11(13-16-7-17-20(13)5)19-15(22)12-9(3)8(2)10(4)18-14(12)21/h7,11H,6H2,1-5H3,(H,18,21)(H,19,22)/t11-/m1/s1. The van der Waals surface area contributed by atoms with Crippen molar-refractivity contribution in [2.75, 3.05) is 0 Å². The fourth-order valence-electron chi connectivity index (χ4n) is 2.44. The molecule has 0 aromatic carbocycles. The van der Waals surface area contributed by atoms with Crippen LogP contribution in [0.5, 0.6) is 0 Å². The first-order chi connectivity index (χ1) is 10.4. The molecule has 2 rings (SSSR count). The summed E-state index contributed by atoms with van der Waals surface area (Å²) in [5.41, 5.74) is 2.18. The van der Waals surface area contributed by atoms with E-state index in [1.165, 1.54) is 6.33 Å². The molecule has 0 aliphatic carbocycles. The van der Waals surface area contributed by atoms with Crippen LogP contribution in [0.2, 0.25) is 0 Å². The number of aromatic amines is 1. The highest BCUT2D eigenvalue weighted by Gasteiger charge is 2.22. The van der Waals surface area contributed by atoms with Crippen molar-refractivity contribution in [3.05, 3.63) is 44.9 Å². The summed E-state index contributed by atoms with van der Waals surface area (Å²) in [7, 11) is 1.77. The summed E-state index contributed by atoms with van der Waals surface area (Å²) >= 11 is 0. The third-order valence-corrected chi connectivity index (χ3v) is 4.03. The lowest BCUT2D eigenvalue weighted by molar-refractivity contribution is 0.0930. The first kappa shape index (κ1) is 15.9. The molecule has 118 valence electrons. The first-order valence-electron chi connectivity index (χ1n) is 7.21. The number of rotatable bonds is 4. The molecule has 7 heteroatoms. The van der Waals surface area contributed by atoms with Crippen molar-refractivity contribution in [2.45, 2.75) is 40.2 Å². The maximum absolute atomic E-state index is 12.5. The summed E-state index contributed by atoms with van der Waals surface area (Å²) in [5, 5.41) is 6.88. The minimum atomic E-state index is -0.392. The van der Waals surface area contributed by atoms with E-state index in [1.807, 2.05) is 20.8 Å². The van der Waals surface area contributed by atoms with Crippen molar-refractivity contribution in [1.82, 2.24) is 25.1 Å². The number of pyridine rings is 1. The van der Waals surface area contributed by atoms with E-state index < -0.39 is 5.91 Å². The van der Waals surface area contributed by atoms with E-state index in [1.54, 1.807) is 18.7 Å². The van der Waals surface area contributed by atoms with Crippen molar-refractivity contribution >= 4 is 5.91 Å². The van der Waals surface area contributed by atoms with Gasteiger partial charge in [0.1, 0.15) is 17.7 Å². The number of amides is 1. The second kappa shape index (κ2) is 6.13. The van der Waals surface area contributed by atoms with Crippen LogP contribution in [0.3, 0.4) is 0 Å². The summed E-state index contributed by atoms with van der Waals surface area (Å²) in [5.74, 6) is 0.269. The van der Waals surface area contributed by atoms with E-state index in [4.69, 9.17) is 0 Å². The highest BCUT2D eigenvalue weighted by atomic mass is 16.2. The molecule has 7 nitrogen and oxygen atoms in total. The van der Waals surface area contributed by atoms with Crippen molar-refractivity contribution in [3.63, 3.8) is 0 Å². The van der Waals surface area contributed by atoms with Crippen molar-refractivity contribution in [2.24, 2.45) is 7.05 Å². The minimum absolute atomic E-state index is 0.156. The Bertz CT molecular complexity index is 760. The van der Waals surface area contributed by atoms with E-state index in [0.717, 1.165) is 11.3 Å². The Balaban J connectivity index is 2.35. The van der Waals surface area contributed by atoms with Gasteiger partial charge in [0.15, 0.2) is 0 Å². The zero-order valence-corrected chi connectivity index (χ0v) is 13.5. The van der Waals surface area contributed by atoms with Gasteiger partial charge in [0, 0.05) is 12.7 Å². The molecule has 2 aromatic rings. The highest BCUT2D eigenvalue weighted by molar-refractivity contribution is 5.95. The molecule has 0 saturated heterocycles. The lowest BCUT2D eigenvalue weighted by atomic mass is 10.0. The fourth-order valence-corrected chi connectivity index (χ4v) is 2.44. The quantitative estimate of drug-likeness (QED) is 0.890. The van der Waals surface area contributed by atoms with Gasteiger partial charge in [-0.15, -0.1) is 0 Å². The van der Waals surface area contributed by atoms with Gasteiger partial charge in [0.05, 0.1) is 6.04 Å². The maximum Gasteiger partial charge on any atom is 0.261 e. The van der Waals surface area contributed by atoms with Crippen LogP contribution in [-0.2, 0) is 7.05 Å². The Morgan fingerprint density at radius 3 is 2.59 bits per heavy atom. The Hall–Kier alpha value is -2.44. The van der Waals surface area contributed by atoms with Crippen LogP contribution >= 0.6 is 0 Å². The smallest absolute Gasteiger partial charge is 0.261 e. The molecule has 1 amide bonds. The summed E-state index contributed by atoms with van der Waals surface area (Å²) in [6.07, 6.45) is 2.10. The molecule has 0 aliphatic heterocycles. The molecule has 2 heterocycles. The lowest BCUT2D eigenvalue weighted by Crippen LogP contribution is -2.35. The number of carbonyl (C=O) groups is 1. The molecule has 2 N–H and O–H groups in total. The topological polar surface area (TPSA) is 92.7 Å². The van der Waals surface area contributed by atoms with Gasteiger partial charge in [-0.2, -0.15) is 5.10 Å². The number of hydrogen-bond donors (Lipinski definition) is 2. The van der Waals surface area contributed by atoms with E-state index >= 15 is 0 Å². The monoisotopic (exact) mass is 303 g/mol. The Labute approximate surface area is 128 Å². The third-order valence-electron chi connectivity index (χ3n) is 4.03. The predicted octanol–water partition coefficient (Wildman–Crippen LogP) is 1.31. The first-order valence-corrected chi connectivity index (χ1v) is 7.21. The SMILES string of the molecule is CC[C@@H](NC(=O)c1c(C)c(C)c(C)[nH]c1=O)c1ncnn1C. The minimum Gasteiger partial charge on any atom is -0.342 e. The molecule has 2 aromatic heterocycles. The summed E-state index contributed by atoms with van der Waals surface area (Å²) in [6, 6.07) is -0.291. The van der Waals surface area contributed by atoms with Gasteiger partial charge >= 0.3 is 0 Å². The average molecular weight is 303 g/mol. The molecule has 0 bridgehead atoms. The summed E-state index contributed by atoms with van der Waals surface area (Å²) in [4.78, 5) is 31.5. The highest BCUT2D eigenvalue weighted by Crippen LogP contribution is 2.16. The van der Waals surface area contributed by atoms with Gasteiger partial charge in [-0.05, 0) is 38.3 Å². The number of aromatic nitrogens is 4. The van der Waals surface area contributed by atoms with E-state index in [-0.39, 0.29) is 17.2 Å². The fraction of sp³-hybridized carbons (Fsp3) is 0.467. The van der Waals surface area contributed by atoms with Crippen LogP contribution < -0.4 is 10.9 Å². The Morgan fingerprint density at radius 1 is 1.36 bits per heavy atom. The van der Waals surface area contributed by atoms with Gasteiger partial charge in [-0.25, -0.2) is 4.98 Å². The normalized spacial score (nSPS) is 12.2. The molecule has 1 atom stereocenters. The molecule has 22 heavy (non-hydrogen) atoms. The van der Waals surface area contributed by atoms with Crippen molar-refractivity contribution in [3.8, 4) is 0 Å². The second-order valence-corrected chi connectivity index (χ2v) is 5.38. The van der Waals surface area contributed by atoms with Crippen LogP contribution in [0.4, 0.5) is 0 Å². The van der Waals surface area contributed by atoms with Crippen LogP contribution in [0.1, 0.15) is 52.4 Å². The number of aryl methyl sites for hydroxylation is 2. The maximum atomic E-state index is 12.5. The summed E-state index contributed by atoms with van der Waals surface area (Å²) < 4.78 is 1.62. The third kappa shape index (κ3) is 2.79. The van der Waals surface area contributed by atoms with Gasteiger partial charge < -0.3 is 10.3 Å². The van der Waals surface area contributed by atoms with E-state index in [9.17, 15) is 9.59 Å². The number of nitrogens with zero attached hydrogens (tertiary/aromatic N) is 3. The zero-order valence-electron chi connectivity index (χ0n) is 13.5. The molecular weight excluding hydrogens is 282 g/mol. The van der Waals surface area contributed by atoms with E-state index in [2.05, 4.69) is 20.4 Å². The summed E-state index contributed by atoms with van der Waals surface area (Å²) in [6.45, 7) is 7.43. The predicted molar refractivity (Wildman–Crippen MR) is 82.8 cm³/mol. The van der Waals surface area contributed by atoms with Crippen molar-refractivity contribution in [1.29, 1.82) is 0 Å². The van der Waals surface area contributed by atoms with Crippen LogP contribution in [0.15, 0.2) is 11.1 Å². The molecule has 0 fully saturated rings. The number of hydrogen-bond acceptors (Lipinski definition) is 4. The second-order valence-electron chi connectivity index (χ2n) is 5.38. The van der Waals surface area contributed by atoms with Crippen LogP contribution in [0, 0.1) is 20.8 Å². The molecule has 0 saturated carbocycles. The average Bonchev–Trinajstić information content (AvgIpc) is 2.88. The Kier molecular flexibility index (Phi) is 4.44. The molecule has 0 spiro atoms. The molecule has 0 radical (unpaired) electrons. The van der Waals surface area contributed by atoms with Gasteiger partial charge in [0.25, 0.3) is 11.5 Å².